The van der Waals surface area contributed by atoms with Crippen LogP contribution >= 0.6 is 0 Å². The van der Waals surface area contributed by atoms with Crippen LogP contribution in [0.4, 0.5) is 9.59 Å². The minimum absolute atomic E-state index is 0.124. The number of imidazole rings is 2. The monoisotopic (exact) mass is 876 g/mol. The highest BCUT2D eigenvalue weighted by molar-refractivity contribution is 5.86. The molecule has 1 aliphatic heterocycles. The summed E-state index contributed by atoms with van der Waals surface area (Å²) in [6.45, 7) is 6.36. The zero-order chi connectivity index (χ0) is 44.9. The van der Waals surface area contributed by atoms with Gasteiger partial charge >= 0.3 is 12.2 Å². The number of rotatable bonds is 21. The Kier molecular flexibility index (Phi) is 17.1. The number of allylic oxidation sites excluding steroid dienone is 4. The first kappa shape index (κ1) is 47.2. The molecule has 344 valence electrons. The van der Waals surface area contributed by atoms with Crippen LogP contribution in [-0.2, 0) is 70.1 Å². The molecule has 0 spiro atoms. The number of aryl methyl sites for hydroxylation is 1. The number of likely N-dealkylation sites (tertiary alicyclic amines) is 1. The van der Waals surface area contributed by atoms with Crippen molar-refractivity contribution in [3.8, 4) is 0 Å². The Labute approximate surface area is 369 Å². The molecule has 1 fully saturated rings. The second kappa shape index (κ2) is 22.9. The van der Waals surface area contributed by atoms with Crippen molar-refractivity contribution < 1.29 is 47.6 Å². The maximum atomic E-state index is 13.8. The summed E-state index contributed by atoms with van der Waals surface area (Å²) < 4.78 is 33.5. The molecule has 5 N–H and O–H groups in total. The van der Waals surface area contributed by atoms with E-state index < -0.39 is 30.4 Å². The van der Waals surface area contributed by atoms with Crippen LogP contribution in [0.3, 0.4) is 0 Å². The first-order chi connectivity index (χ1) is 30.5. The Morgan fingerprint density at radius 1 is 0.794 bits per heavy atom. The first-order valence-corrected chi connectivity index (χ1v) is 21.9. The van der Waals surface area contributed by atoms with Crippen LogP contribution < -0.4 is 16.0 Å². The number of aromatic nitrogens is 4. The Morgan fingerprint density at radius 3 is 2.02 bits per heavy atom. The average Bonchev–Trinajstić information content (AvgIpc) is 4.05. The summed E-state index contributed by atoms with van der Waals surface area (Å²) >= 11 is 0. The lowest BCUT2D eigenvalue weighted by molar-refractivity contribution is -0.135. The largest absolute Gasteiger partial charge is 0.453 e. The maximum Gasteiger partial charge on any atom is 0.407 e. The normalized spacial score (nSPS) is 19.9. The first-order valence-electron chi connectivity index (χ1n) is 21.9. The molecular weight excluding hydrogens is 813 g/mol. The number of carbonyl (C=O) groups excluding carboxylic acids is 4. The van der Waals surface area contributed by atoms with E-state index in [1.807, 2.05) is 18.7 Å². The Bertz CT molecular complexity index is 2050. The lowest BCUT2D eigenvalue weighted by Gasteiger charge is -2.36. The number of alkyl carbamates (subject to hydrolysis) is 2. The van der Waals surface area contributed by atoms with E-state index >= 15 is 0 Å². The van der Waals surface area contributed by atoms with E-state index in [1.54, 1.807) is 14.2 Å². The van der Waals surface area contributed by atoms with Gasteiger partial charge in [-0.25, -0.2) is 19.6 Å². The summed E-state index contributed by atoms with van der Waals surface area (Å²) in [5.41, 5.74) is 8.41. The summed E-state index contributed by atoms with van der Waals surface area (Å²) in [7, 11) is 5.86. The van der Waals surface area contributed by atoms with Crippen LogP contribution in [0.1, 0.15) is 80.0 Å². The Morgan fingerprint density at radius 2 is 1.41 bits per heavy atom. The smallest absolute Gasteiger partial charge is 0.407 e. The minimum Gasteiger partial charge on any atom is -0.453 e. The van der Waals surface area contributed by atoms with Crippen molar-refractivity contribution in [2.24, 2.45) is 5.92 Å². The number of hydrogen-bond donors (Lipinski definition) is 5. The molecule has 2 aromatic heterocycles. The number of ether oxygens (including phenoxy) is 6. The molecule has 0 radical (unpaired) electrons. The number of methoxy groups -OCH3 is 4. The third-order valence-electron chi connectivity index (χ3n) is 11.8. The summed E-state index contributed by atoms with van der Waals surface area (Å²) in [4.78, 5) is 68.1. The Balaban J connectivity index is 1.16. The fourth-order valence-corrected chi connectivity index (χ4v) is 8.55. The third kappa shape index (κ3) is 12.0. The van der Waals surface area contributed by atoms with E-state index in [0.717, 1.165) is 88.8 Å². The fourth-order valence-electron chi connectivity index (χ4n) is 8.55. The van der Waals surface area contributed by atoms with Gasteiger partial charge in [-0.15, -0.1) is 0 Å². The van der Waals surface area contributed by atoms with Gasteiger partial charge in [0.1, 0.15) is 29.9 Å². The summed E-state index contributed by atoms with van der Waals surface area (Å²) in [6.07, 6.45) is 13.2. The highest BCUT2D eigenvalue weighted by atomic mass is 16.6. The predicted molar refractivity (Wildman–Crippen MR) is 232 cm³/mol. The highest BCUT2D eigenvalue weighted by Crippen LogP contribution is 2.39. The quantitative estimate of drug-likeness (QED) is 0.114. The second-order valence-corrected chi connectivity index (χ2v) is 16.4. The summed E-state index contributed by atoms with van der Waals surface area (Å²) in [6, 6.07) is -0.937. The highest BCUT2D eigenvalue weighted by Gasteiger charge is 2.40. The predicted octanol–water partition coefficient (Wildman–Crippen LogP) is 3.65. The summed E-state index contributed by atoms with van der Waals surface area (Å²) in [5.74, 6) is 1.14. The van der Waals surface area contributed by atoms with Gasteiger partial charge in [0.2, 0.25) is 11.8 Å². The van der Waals surface area contributed by atoms with Crippen LogP contribution in [0.25, 0.3) is 0 Å². The van der Waals surface area contributed by atoms with Crippen LogP contribution in [0.5, 0.6) is 0 Å². The molecule has 4 atom stereocenters. The van der Waals surface area contributed by atoms with E-state index in [0.29, 0.717) is 65.2 Å². The molecule has 0 bridgehead atoms. The van der Waals surface area contributed by atoms with Crippen molar-refractivity contribution in [3.63, 3.8) is 0 Å². The molecule has 18 nitrogen and oxygen atoms in total. The van der Waals surface area contributed by atoms with Crippen LogP contribution in [0, 0.1) is 5.92 Å². The molecule has 2 aromatic rings. The van der Waals surface area contributed by atoms with Gasteiger partial charge in [-0.05, 0) is 53.9 Å². The molecule has 0 saturated carbocycles. The number of amides is 4. The molecule has 63 heavy (non-hydrogen) atoms. The molecule has 4 unspecified atom stereocenters. The zero-order valence-corrected chi connectivity index (χ0v) is 37.4. The van der Waals surface area contributed by atoms with Crippen molar-refractivity contribution in [1.82, 2.24) is 40.8 Å². The van der Waals surface area contributed by atoms with Crippen molar-refractivity contribution >= 4 is 24.0 Å². The number of carbonyl (C=O) groups is 4. The van der Waals surface area contributed by atoms with E-state index in [4.69, 9.17) is 33.7 Å². The van der Waals surface area contributed by atoms with Gasteiger partial charge in [-0.2, -0.15) is 0 Å². The second-order valence-electron chi connectivity index (χ2n) is 16.4. The van der Waals surface area contributed by atoms with E-state index in [9.17, 15) is 19.2 Å². The number of nitrogens with zero attached hydrogens (tertiary/aromatic N) is 3. The van der Waals surface area contributed by atoms with Gasteiger partial charge < -0.3 is 59.2 Å². The SMILES string of the molecule is COCCOC1C(C2=CCc3nc(CCCCNC(=O)CNC(=O)OC)[nH]c3C2)=CC=C(C2=CCc3nc(C4CCCN4C(=O)C(NC(=O)OC)C(C)C)[nH]c3C2)C1OCCOC. The van der Waals surface area contributed by atoms with Gasteiger partial charge in [-0.3, -0.25) is 9.59 Å². The van der Waals surface area contributed by atoms with E-state index in [2.05, 4.69) is 55.0 Å². The van der Waals surface area contributed by atoms with Crippen molar-refractivity contribution in [2.45, 2.75) is 95.9 Å². The molecule has 4 amide bonds. The maximum absolute atomic E-state index is 13.8. The third-order valence-corrected chi connectivity index (χ3v) is 11.8. The van der Waals surface area contributed by atoms with Gasteiger partial charge in [0.05, 0.1) is 64.6 Å². The standard InChI is InChI=1S/C45H64N8O10/c1-27(2)39(52-45(57)61-6)43(55)53-19-9-10-36(53)42-50-33-17-13-29(25-35(33)51-42)31-15-14-30(40(62-22-20-58-3)41(31)63-23-21-59-4)28-12-16-32-34(24-28)49-37(48-32)11-7-8-18-46-38(54)26-47-44(56)60-5/h12-15,27,36,39-41H,7-11,16-26H2,1-6H3,(H,46,54)(H,47,56)(H,48,49)(H,50,51)(H,52,57). The lowest BCUT2D eigenvalue weighted by atomic mass is 9.80. The van der Waals surface area contributed by atoms with Crippen molar-refractivity contribution in [2.75, 3.05) is 74.5 Å². The van der Waals surface area contributed by atoms with Crippen molar-refractivity contribution in [3.05, 3.63) is 81.0 Å². The number of aromatic amines is 2. The van der Waals surface area contributed by atoms with Gasteiger partial charge in [0.15, 0.2) is 0 Å². The van der Waals surface area contributed by atoms with Crippen LogP contribution in [-0.4, -0.2) is 142 Å². The van der Waals surface area contributed by atoms with Crippen LogP contribution in [0.15, 0.2) is 46.6 Å². The number of unbranched alkanes of at least 4 members (excludes halogenated alkanes) is 1. The number of nitrogens with one attached hydrogen (secondary N) is 5. The average molecular weight is 877 g/mol. The molecule has 6 rings (SSSR count). The number of hydrogen-bond acceptors (Lipinski definition) is 12. The molecule has 4 aliphatic rings. The Hall–Kier alpha value is -5.30. The topological polar surface area (TPSA) is 220 Å². The van der Waals surface area contributed by atoms with E-state index in [-0.39, 0.29) is 30.3 Å². The molecule has 18 heteroatoms. The molecule has 1 saturated heterocycles. The lowest BCUT2D eigenvalue weighted by Crippen LogP contribution is -2.51. The number of H-pyrrole nitrogens is 2. The zero-order valence-electron chi connectivity index (χ0n) is 37.4. The molecule has 3 aliphatic carbocycles. The number of fused-ring (bicyclic) bond motifs is 2. The van der Waals surface area contributed by atoms with E-state index in [1.165, 1.54) is 14.2 Å². The minimum atomic E-state index is -0.709. The van der Waals surface area contributed by atoms with Crippen LogP contribution in [0.2, 0.25) is 0 Å². The van der Waals surface area contributed by atoms with Gasteiger partial charge in [0.25, 0.3) is 0 Å². The molecule has 0 aromatic carbocycles. The van der Waals surface area contributed by atoms with Crippen molar-refractivity contribution in [1.29, 1.82) is 0 Å². The van der Waals surface area contributed by atoms with Gasteiger partial charge in [-0.1, -0.05) is 38.2 Å². The van der Waals surface area contributed by atoms with Gasteiger partial charge in [0, 0.05) is 70.8 Å². The summed E-state index contributed by atoms with van der Waals surface area (Å²) in [5, 5.41) is 7.91. The fraction of sp³-hybridized carbons (Fsp3) is 0.600. The molecular formula is C45H64N8O10. The molecule has 3 heterocycles.